The Hall–Kier alpha value is -2.21. The van der Waals surface area contributed by atoms with Gasteiger partial charge in [-0.25, -0.2) is 0 Å². The van der Waals surface area contributed by atoms with E-state index in [2.05, 4.69) is 20.0 Å². The van der Waals surface area contributed by atoms with E-state index in [1.165, 1.54) is 18.6 Å². The zero-order chi connectivity index (χ0) is 19.3. The molecular formula is C13H14N4O6S2Se. The summed E-state index contributed by atoms with van der Waals surface area (Å²) in [5, 5.41) is 3.64. The molecule has 0 saturated heterocycles. The third kappa shape index (κ3) is 4.69. The molecule has 0 radical (unpaired) electrons. The molecule has 0 aliphatic carbocycles. The molecule has 0 spiro atoms. The van der Waals surface area contributed by atoms with Gasteiger partial charge >= 0.3 is 160 Å². The zero-order valence-corrected chi connectivity index (χ0v) is 17.1. The van der Waals surface area contributed by atoms with Gasteiger partial charge in [-0.2, -0.15) is 0 Å². The van der Waals surface area contributed by atoms with Gasteiger partial charge in [-0.05, 0) is 0 Å². The van der Waals surface area contributed by atoms with Gasteiger partial charge in [-0.1, -0.05) is 0 Å². The van der Waals surface area contributed by atoms with Crippen LogP contribution in [0, 0.1) is 0 Å². The molecular weight excluding hydrogens is 451 g/mol. The van der Waals surface area contributed by atoms with Crippen LogP contribution < -0.4 is 19.4 Å². The van der Waals surface area contributed by atoms with Crippen LogP contribution in [0.3, 0.4) is 0 Å². The summed E-state index contributed by atoms with van der Waals surface area (Å²) in [6, 6.07) is 1.75. The zero-order valence-electron chi connectivity index (χ0n) is 13.8. The van der Waals surface area contributed by atoms with Gasteiger partial charge < -0.3 is 0 Å². The fraction of sp³-hybridized carbons (Fsp3) is 0.231. The molecule has 0 aliphatic rings. The summed E-state index contributed by atoms with van der Waals surface area (Å²) in [6.45, 7) is 0. The van der Waals surface area contributed by atoms with Crippen molar-refractivity contribution in [3.63, 3.8) is 0 Å². The summed E-state index contributed by atoms with van der Waals surface area (Å²) in [6.07, 6.45) is 0. The van der Waals surface area contributed by atoms with Crippen LogP contribution in [0.25, 0.3) is 0 Å². The molecule has 10 nitrogen and oxygen atoms in total. The number of thiophene rings is 1. The van der Waals surface area contributed by atoms with E-state index in [1.54, 1.807) is 10.8 Å². The first-order valence-corrected chi connectivity index (χ1v) is 11.7. The number of hydrogen-bond acceptors (Lipinski definition) is 9. The molecule has 26 heavy (non-hydrogen) atoms. The van der Waals surface area contributed by atoms with Gasteiger partial charge in [0.25, 0.3) is 0 Å². The number of nitrogens with one attached hydrogen (secondary N) is 2. The predicted octanol–water partition coefficient (Wildman–Crippen LogP) is 0.221. The number of rotatable bonds is 6. The van der Waals surface area contributed by atoms with Crippen LogP contribution in [-0.4, -0.2) is 59.6 Å². The number of aromatic nitrogens is 2. The molecule has 0 aromatic carbocycles. The summed E-state index contributed by atoms with van der Waals surface area (Å²) in [5.74, 6) is 1.23. The Balaban J connectivity index is 2.20. The first kappa shape index (κ1) is 20.1. The average Bonchev–Trinajstić information content (AvgIpc) is 3.10. The molecule has 0 bridgehead atoms. The van der Waals surface area contributed by atoms with Crippen LogP contribution in [-0.2, 0) is 14.8 Å². The number of methoxy groups -OCH3 is 2. The van der Waals surface area contributed by atoms with Gasteiger partial charge in [-0.3, -0.25) is 0 Å². The first-order valence-electron chi connectivity index (χ1n) is 6.77. The topological polar surface area (TPSA) is 137 Å². The number of amides is 2. The van der Waals surface area contributed by atoms with Crippen molar-refractivity contribution in [1.29, 1.82) is 0 Å². The Bertz CT molecular complexity index is 908. The quantitative estimate of drug-likeness (QED) is 0.457. The number of esters is 1. The van der Waals surface area contributed by atoms with Gasteiger partial charge in [0, 0.05) is 0 Å². The fourth-order valence-electron chi connectivity index (χ4n) is 1.72. The molecule has 0 unspecified atom stereocenters. The van der Waals surface area contributed by atoms with E-state index in [0.717, 1.165) is 18.4 Å². The second-order valence-corrected chi connectivity index (χ2v) is 8.74. The molecule has 2 heterocycles. The van der Waals surface area contributed by atoms with E-state index in [1.807, 2.05) is 5.82 Å². The normalized spacial score (nSPS) is 10.9. The van der Waals surface area contributed by atoms with E-state index in [4.69, 9.17) is 4.74 Å². The van der Waals surface area contributed by atoms with Crippen LogP contribution in [0.15, 0.2) is 22.4 Å². The van der Waals surface area contributed by atoms with E-state index in [0.29, 0.717) is 4.59 Å². The van der Waals surface area contributed by atoms with Crippen molar-refractivity contribution < 1.29 is 27.5 Å². The monoisotopic (exact) mass is 466 g/mol. The Morgan fingerprint density at radius 3 is 2.62 bits per heavy atom. The fourth-order valence-corrected chi connectivity index (χ4v) is 4.80. The molecule has 2 rings (SSSR count). The molecule has 0 saturated carbocycles. The maximum absolute atomic E-state index is 12.3. The molecule has 2 N–H and O–H groups in total. The molecule has 0 aliphatic heterocycles. The SMILES string of the molecule is COC(=O)c1sccc1S(=O)(=O)NC(=O)Nc1nc(OC)cc([Se]C)n1. The average molecular weight is 465 g/mol. The number of carbonyl (C=O) groups excluding carboxylic acids is 2. The minimum atomic E-state index is -4.29. The number of nitrogens with zero attached hydrogens (tertiary/aromatic N) is 2. The van der Waals surface area contributed by atoms with E-state index in [-0.39, 0.29) is 36.6 Å². The Labute approximate surface area is 159 Å². The van der Waals surface area contributed by atoms with Gasteiger partial charge in [-0.15, -0.1) is 0 Å². The molecule has 2 amide bonds. The van der Waals surface area contributed by atoms with Crippen molar-refractivity contribution in [2.45, 2.75) is 10.7 Å². The molecule has 140 valence electrons. The van der Waals surface area contributed by atoms with Crippen molar-refractivity contribution in [3.05, 3.63) is 22.4 Å². The number of anilines is 1. The van der Waals surface area contributed by atoms with Crippen molar-refractivity contribution in [1.82, 2.24) is 14.7 Å². The van der Waals surface area contributed by atoms with Gasteiger partial charge in [0.05, 0.1) is 0 Å². The molecule has 2 aromatic rings. The van der Waals surface area contributed by atoms with Crippen LogP contribution in [0.5, 0.6) is 5.88 Å². The Kier molecular flexibility index (Phi) is 6.53. The second-order valence-electron chi connectivity index (χ2n) is 4.44. The van der Waals surface area contributed by atoms with Crippen molar-refractivity contribution in [3.8, 4) is 5.88 Å². The Morgan fingerprint density at radius 1 is 1.27 bits per heavy atom. The number of carbonyl (C=O) groups is 2. The number of urea groups is 1. The molecule has 2 aromatic heterocycles. The molecule has 13 heteroatoms. The number of ether oxygens (including phenoxy) is 2. The standard InChI is InChI=1S/C13H14N4O6S2Se/c1-22-8-6-9(26-3)15-12(14-8)16-13(19)17-25(20,21)7-4-5-24-10(7)11(18)23-2/h4-6H,1-3H3,(H2,14,15,16,17,19). The second kappa shape index (κ2) is 8.45. The van der Waals surface area contributed by atoms with Gasteiger partial charge in [0.15, 0.2) is 0 Å². The number of sulfonamides is 1. The summed E-state index contributed by atoms with van der Waals surface area (Å²) in [4.78, 5) is 31.2. The third-order valence-corrected chi connectivity index (χ3v) is 6.55. The summed E-state index contributed by atoms with van der Waals surface area (Å²) in [7, 11) is -1.75. The number of hydrogen-bond donors (Lipinski definition) is 2. The molecule has 0 atom stereocenters. The Morgan fingerprint density at radius 2 is 2.00 bits per heavy atom. The van der Waals surface area contributed by atoms with Crippen molar-refractivity contribution in [2.75, 3.05) is 19.5 Å². The predicted molar refractivity (Wildman–Crippen MR) is 94.8 cm³/mol. The summed E-state index contributed by atoms with van der Waals surface area (Å²) in [5.41, 5.74) is 0. The van der Waals surface area contributed by atoms with Crippen molar-refractivity contribution >= 4 is 58.9 Å². The first-order chi connectivity index (χ1) is 12.3. The van der Waals surface area contributed by atoms with Crippen LogP contribution in [0.2, 0.25) is 5.82 Å². The van der Waals surface area contributed by atoms with Gasteiger partial charge in [0.1, 0.15) is 0 Å². The van der Waals surface area contributed by atoms with Gasteiger partial charge in [0.2, 0.25) is 0 Å². The summed E-state index contributed by atoms with van der Waals surface area (Å²) >= 11 is 0.901. The van der Waals surface area contributed by atoms with E-state index < -0.39 is 22.0 Å². The summed E-state index contributed by atoms with van der Waals surface area (Å²) < 4.78 is 36.7. The third-order valence-electron chi connectivity index (χ3n) is 2.84. The van der Waals surface area contributed by atoms with Crippen LogP contribution >= 0.6 is 11.3 Å². The van der Waals surface area contributed by atoms with Crippen LogP contribution in [0.4, 0.5) is 10.7 Å². The van der Waals surface area contributed by atoms with E-state index >= 15 is 0 Å². The minimum absolute atomic E-state index is 0.0152. The van der Waals surface area contributed by atoms with Crippen LogP contribution in [0.1, 0.15) is 9.67 Å². The molecule has 0 fully saturated rings. The van der Waals surface area contributed by atoms with Crippen molar-refractivity contribution in [2.24, 2.45) is 0 Å². The van der Waals surface area contributed by atoms with E-state index in [9.17, 15) is 18.0 Å². The maximum atomic E-state index is 12.3.